The van der Waals surface area contributed by atoms with E-state index in [1.54, 1.807) is 24.3 Å². The molecule has 2 saturated heterocycles. The molecule has 0 aromatic heterocycles. The molecule has 2 fully saturated rings. The number of hydrogen-bond acceptors (Lipinski definition) is 7. The highest BCUT2D eigenvalue weighted by molar-refractivity contribution is 5.96. The van der Waals surface area contributed by atoms with Crippen molar-refractivity contribution in [2.24, 2.45) is 5.92 Å². The van der Waals surface area contributed by atoms with E-state index in [0.29, 0.717) is 43.7 Å². The molecule has 11 heteroatoms. The summed E-state index contributed by atoms with van der Waals surface area (Å²) in [7, 11) is 0. The molecule has 2 heterocycles. The molecule has 4 amide bonds. The monoisotopic (exact) mass is 513 g/mol. The van der Waals surface area contributed by atoms with E-state index in [9.17, 15) is 14.4 Å². The van der Waals surface area contributed by atoms with E-state index in [0.717, 1.165) is 52.5 Å². The molecule has 1 unspecified atom stereocenters. The maximum absolute atomic E-state index is 12.8. The zero-order valence-electron chi connectivity index (χ0n) is 21.7. The number of carbonyl (C=O) groups is 3. The van der Waals surface area contributed by atoms with Gasteiger partial charge in [-0.25, -0.2) is 4.79 Å². The van der Waals surface area contributed by atoms with Gasteiger partial charge in [0.15, 0.2) is 0 Å². The first-order valence-corrected chi connectivity index (χ1v) is 13.0. The lowest BCUT2D eigenvalue weighted by molar-refractivity contribution is -0.121. The van der Waals surface area contributed by atoms with Gasteiger partial charge in [-0.3, -0.25) is 19.4 Å². The predicted octanol–water partition coefficient (Wildman–Crippen LogP) is 0.954. The molecule has 2 aliphatic rings. The van der Waals surface area contributed by atoms with Crippen LogP contribution in [0.2, 0.25) is 0 Å². The van der Waals surface area contributed by atoms with Crippen LogP contribution in [0.3, 0.4) is 0 Å². The molecule has 1 aromatic carbocycles. The lowest BCUT2D eigenvalue weighted by Gasteiger charge is -2.36. The van der Waals surface area contributed by atoms with E-state index in [-0.39, 0.29) is 30.3 Å². The SMILES string of the molecule is CC(CCNC(=O)c1cccc(NC(=O)N2CCN(CCN3CCOCC3)CC2)c1)CC(=O)NCC#N. The molecule has 202 valence electrons. The third-order valence-electron chi connectivity index (χ3n) is 6.69. The maximum atomic E-state index is 12.8. The molecule has 0 spiro atoms. The molecule has 0 aliphatic carbocycles. The second kappa shape index (κ2) is 15.1. The number of benzene rings is 1. The summed E-state index contributed by atoms with van der Waals surface area (Å²) in [5.41, 5.74) is 1.04. The number of morpholine rings is 1. The van der Waals surface area contributed by atoms with Crippen LogP contribution in [0.25, 0.3) is 0 Å². The Labute approximate surface area is 219 Å². The number of amides is 4. The molecule has 1 atom stereocenters. The minimum Gasteiger partial charge on any atom is -0.379 e. The normalized spacial score (nSPS) is 17.5. The van der Waals surface area contributed by atoms with Crippen LogP contribution >= 0.6 is 0 Å². The van der Waals surface area contributed by atoms with Gasteiger partial charge in [0.25, 0.3) is 5.91 Å². The van der Waals surface area contributed by atoms with Crippen LogP contribution in [-0.2, 0) is 9.53 Å². The van der Waals surface area contributed by atoms with Crippen LogP contribution in [0.5, 0.6) is 0 Å². The van der Waals surface area contributed by atoms with Crippen LogP contribution < -0.4 is 16.0 Å². The van der Waals surface area contributed by atoms with Gasteiger partial charge in [0, 0.05) is 76.6 Å². The van der Waals surface area contributed by atoms with Gasteiger partial charge in [-0.05, 0) is 30.5 Å². The molecule has 3 rings (SSSR count). The molecule has 37 heavy (non-hydrogen) atoms. The number of anilines is 1. The van der Waals surface area contributed by atoms with Crippen LogP contribution in [0.15, 0.2) is 24.3 Å². The first-order valence-electron chi connectivity index (χ1n) is 13.0. The Morgan fingerprint density at radius 3 is 2.43 bits per heavy atom. The highest BCUT2D eigenvalue weighted by Gasteiger charge is 2.22. The third kappa shape index (κ3) is 9.99. The van der Waals surface area contributed by atoms with Gasteiger partial charge in [0.05, 0.1) is 19.3 Å². The average molecular weight is 514 g/mol. The lowest BCUT2D eigenvalue weighted by Crippen LogP contribution is -2.51. The maximum Gasteiger partial charge on any atom is 0.321 e. The fourth-order valence-corrected chi connectivity index (χ4v) is 4.39. The molecule has 1 aromatic rings. The number of urea groups is 1. The van der Waals surface area contributed by atoms with Crippen molar-refractivity contribution >= 4 is 23.5 Å². The highest BCUT2D eigenvalue weighted by atomic mass is 16.5. The third-order valence-corrected chi connectivity index (χ3v) is 6.69. The first kappa shape index (κ1) is 28.4. The van der Waals surface area contributed by atoms with Crippen molar-refractivity contribution < 1.29 is 19.1 Å². The van der Waals surface area contributed by atoms with Gasteiger partial charge < -0.3 is 25.6 Å². The fourth-order valence-electron chi connectivity index (χ4n) is 4.39. The van der Waals surface area contributed by atoms with E-state index in [4.69, 9.17) is 10.00 Å². The molecular formula is C26H39N7O4. The quantitative estimate of drug-likeness (QED) is 0.376. The van der Waals surface area contributed by atoms with Gasteiger partial charge in [-0.15, -0.1) is 0 Å². The molecule has 0 radical (unpaired) electrons. The van der Waals surface area contributed by atoms with Gasteiger partial charge >= 0.3 is 6.03 Å². The Bertz CT molecular complexity index is 937. The number of piperazine rings is 1. The lowest BCUT2D eigenvalue weighted by atomic mass is 10.0. The van der Waals surface area contributed by atoms with E-state index in [1.165, 1.54) is 0 Å². The largest absolute Gasteiger partial charge is 0.379 e. The van der Waals surface area contributed by atoms with Crippen LogP contribution in [0, 0.1) is 17.2 Å². The predicted molar refractivity (Wildman–Crippen MR) is 140 cm³/mol. The van der Waals surface area contributed by atoms with E-state index in [1.807, 2.05) is 17.9 Å². The van der Waals surface area contributed by atoms with Gasteiger partial charge in [0.2, 0.25) is 5.91 Å². The van der Waals surface area contributed by atoms with E-state index in [2.05, 4.69) is 25.8 Å². The number of hydrogen-bond donors (Lipinski definition) is 3. The molecule has 3 N–H and O–H groups in total. The number of nitrogens with zero attached hydrogens (tertiary/aromatic N) is 4. The standard InChI is InChI=1S/C26H39N7O4/c1-21(19-24(34)28-8-6-27)5-7-29-25(35)22-3-2-4-23(20-22)30-26(36)33-13-11-31(12-14-33)9-10-32-15-17-37-18-16-32/h2-4,20-21H,5,7-19H2,1H3,(H,28,34)(H,29,35)(H,30,36). The van der Waals surface area contributed by atoms with Crippen LogP contribution in [0.1, 0.15) is 30.1 Å². The van der Waals surface area contributed by atoms with Crippen molar-refractivity contribution in [3.05, 3.63) is 29.8 Å². The minimum atomic E-state index is -0.230. The Kier molecular flexibility index (Phi) is 11.6. The summed E-state index contributed by atoms with van der Waals surface area (Å²) in [5, 5.41) is 16.8. The summed E-state index contributed by atoms with van der Waals surface area (Å²) in [6, 6.07) is 8.61. The summed E-state index contributed by atoms with van der Waals surface area (Å²) >= 11 is 0. The van der Waals surface area contributed by atoms with Crippen molar-refractivity contribution in [2.45, 2.75) is 19.8 Å². The van der Waals surface area contributed by atoms with Crippen molar-refractivity contribution in [3.8, 4) is 6.07 Å². The highest BCUT2D eigenvalue weighted by Crippen LogP contribution is 2.13. The summed E-state index contributed by atoms with van der Waals surface area (Å²) in [6.45, 7) is 11.0. The Balaban J connectivity index is 1.36. The molecule has 0 saturated carbocycles. The number of rotatable bonds is 11. The number of nitriles is 1. The van der Waals surface area contributed by atoms with Crippen molar-refractivity contribution in [1.29, 1.82) is 5.26 Å². The van der Waals surface area contributed by atoms with Crippen molar-refractivity contribution in [1.82, 2.24) is 25.3 Å². The second-order valence-electron chi connectivity index (χ2n) is 9.58. The van der Waals surface area contributed by atoms with E-state index >= 15 is 0 Å². The van der Waals surface area contributed by atoms with Crippen LogP contribution in [-0.4, -0.2) is 111 Å². The van der Waals surface area contributed by atoms with Gasteiger partial charge in [-0.2, -0.15) is 5.26 Å². The number of nitrogens with one attached hydrogen (secondary N) is 3. The van der Waals surface area contributed by atoms with Crippen LogP contribution in [0.4, 0.5) is 10.5 Å². The summed E-state index contributed by atoms with van der Waals surface area (Å²) in [6.07, 6.45) is 0.946. The molecule has 2 aliphatic heterocycles. The topological polar surface area (TPSA) is 130 Å². The zero-order chi connectivity index (χ0) is 26.5. The second-order valence-corrected chi connectivity index (χ2v) is 9.58. The summed E-state index contributed by atoms with van der Waals surface area (Å²) < 4.78 is 5.40. The van der Waals surface area contributed by atoms with Gasteiger partial charge in [0.1, 0.15) is 6.54 Å². The minimum absolute atomic E-state index is 0.000724. The Morgan fingerprint density at radius 1 is 1.03 bits per heavy atom. The molecular weight excluding hydrogens is 474 g/mol. The number of carbonyl (C=O) groups excluding carboxylic acids is 3. The van der Waals surface area contributed by atoms with Gasteiger partial charge in [-0.1, -0.05) is 13.0 Å². The smallest absolute Gasteiger partial charge is 0.321 e. The van der Waals surface area contributed by atoms with Crippen molar-refractivity contribution in [2.75, 3.05) is 84.0 Å². The summed E-state index contributed by atoms with van der Waals surface area (Å²) in [4.78, 5) is 43.7. The first-order chi connectivity index (χ1) is 17.9. The Morgan fingerprint density at radius 2 is 1.73 bits per heavy atom. The Hall–Kier alpha value is -3.20. The fraction of sp³-hybridized carbons (Fsp3) is 0.615. The number of ether oxygens (including phenoxy) is 1. The van der Waals surface area contributed by atoms with E-state index < -0.39 is 0 Å². The van der Waals surface area contributed by atoms with Crippen molar-refractivity contribution in [3.63, 3.8) is 0 Å². The molecule has 0 bridgehead atoms. The zero-order valence-corrected chi connectivity index (χ0v) is 21.7. The molecule has 11 nitrogen and oxygen atoms in total. The summed E-state index contributed by atoms with van der Waals surface area (Å²) in [5.74, 6) is -0.325. The average Bonchev–Trinajstić information content (AvgIpc) is 2.91.